The van der Waals surface area contributed by atoms with Crippen LogP contribution in [0.25, 0.3) is 34.4 Å². The summed E-state index contributed by atoms with van der Waals surface area (Å²) in [6.07, 6.45) is 9.39. The van der Waals surface area contributed by atoms with E-state index in [1.807, 2.05) is 0 Å². The van der Waals surface area contributed by atoms with Gasteiger partial charge < -0.3 is 0 Å². The molecule has 4 aromatic rings. The molecule has 1 aliphatic heterocycles. The van der Waals surface area contributed by atoms with Gasteiger partial charge in [0.15, 0.2) is 0 Å². The Morgan fingerprint density at radius 3 is 1.29 bits per heavy atom. The topological polar surface area (TPSA) is 0 Å². The van der Waals surface area contributed by atoms with Crippen molar-refractivity contribution in [3.8, 4) is 22.3 Å². The molecule has 2 atom stereocenters. The van der Waals surface area contributed by atoms with Crippen LogP contribution in [0.15, 0.2) is 96.1 Å². The number of hydrogen-bond acceptors (Lipinski definition) is 0. The van der Waals surface area contributed by atoms with Crippen molar-refractivity contribution < 1.29 is 20.0 Å². The molecule has 4 aliphatic rings. The van der Waals surface area contributed by atoms with E-state index in [0.29, 0.717) is 7.35 Å². The van der Waals surface area contributed by atoms with E-state index >= 15 is 0 Å². The van der Waals surface area contributed by atoms with E-state index in [-0.39, 0.29) is 16.2 Å². The van der Waals surface area contributed by atoms with Gasteiger partial charge in [0.1, 0.15) is 0 Å². The molecule has 1 spiro atoms. The first-order valence-electron chi connectivity index (χ1n) is 17.2. The summed E-state index contributed by atoms with van der Waals surface area (Å²) >= 11 is -3.04. The number of fused-ring (bicyclic) bond motifs is 8. The number of rotatable bonds is 2. The van der Waals surface area contributed by atoms with Crippen molar-refractivity contribution in [2.24, 2.45) is 5.41 Å². The van der Waals surface area contributed by atoms with Crippen molar-refractivity contribution in [2.75, 3.05) is 0 Å². The average Bonchev–Trinajstić information content (AvgIpc) is 3.57. The van der Waals surface area contributed by atoms with Gasteiger partial charge in [-0.15, -0.1) is 0 Å². The molecule has 0 aromatic heterocycles. The Morgan fingerprint density at radius 1 is 0.556 bits per heavy atom. The Balaban J connectivity index is 1.26. The zero-order valence-corrected chi connectivity index (χ0v) is 32.1. The summed E-state index contributed by atoms with van der Waals surface area (Å²) in [6, 6.07) is 33.3. The Morgan fingerprint density at radius 2 is 0.956 bits per heavy atom. The summed E-state index contributed by atoms with van der Waals surface area (Å²) in [7, 11) is 0. The molecule has 3 aliphatic carbocycles. The Kier molecular flexibility index (Phi) is 6.50. The van der Waals surface area contributed by atoms with Crippen LogP contribution >= 0.6 is 0 Å². The van der Waals surface area contributed by atoms with Gasteiger partial charge >= 0.3 is 278 Å². The van der Waals surface area contributed by atoms with Gasteiger partial charge in [-0.2, -0.15) is 0 Å². The normalized spacial score (nSPS) is 22.1. The van der Waals surface area contributed by atoms with Gasteiger partial charge in [-0.1, -0.05) is 0 Å². The minimum absolute atomic E-state index is 0.168. The Labute approximate surface area is 276 Å². The van der Waals surface area contributed by atoms with Crippen molar-refractivity contribution in [1.29, 1.82) is 0 Å². The van der Waals surface area contributed by atoms with Gasteiger partial charge in [0.05, 0.1) is 0 Å². The maximum absolute atomic E-state index is 3.04. The molecule has 0 amide bonds. The predicted octanol–water partition coefficient (Wildman–Crippen LogP) is 12.6. The number of hydrogen-bond donors (Lipinski definition) is 0. The third-order valence-corrected chi connectivity index (χ3v) is 27.2. The average molecular weight is 755 g/mol. The molecule has 1 heteroatoms. The second-order valence-corrected chi connectivity index (χ2v) is 34.3. The third-order valence-electron chi connectivity index (χ3n) is 12.0. The molecule has 8 rings (SSSR count). The molecular weight excluding hydrogens is 707 g/mol. The molecule has 45 heavy (non-hydrogen) atoms. The van der Waals surface area contributed by atoms with Crippen LogP contribution in [0.5, 0.6) is 0 Å². The SMILES string of the molecule is CC(C)(C)c1ccc(-c2cccc3c2C=C2[CH]3[Hf]([CH3])([CH3])[CH]3C(=Cc4c(-c5ccc(C(C)(C)C)cc5)cccc43)C23CCC3)cc1. The summed E-state index contributed by atoms with van der Waals surface area (Å²) in [5, 5.41) is 0. The van der Waals surface area contributed by atoms with Crippen molar-refractivity contribution in [3.63, 3.8) is 0 Å². The van der Waals surface area contributed by atoms with E-state index in [2.05, 4.69) is 148 Å². The fourth-order valence-electron chi connectivity index (χ4n) is 9.48. The van der Waals surface area contributed by atoms with Crippen LogP contribution in [-0.4, -0.2) is 0 Å². The van der Waals surface area contributed by atoms with E-state index in [1.54, 1.807) is 22.3 Å². The monoisotopic (exact) mass is 756 g/mol. The summed E-state index contributed by atoms with van der Waals surface area (Å²) in [5.74, 6) is 0. The van der Waals surface area contributed by atoms with Crippen LogP contribution in [0.1, 0.15) is 102 Å². The van der Waals surface area contributed by atoms with Crippen LogP contribution in [0.3, 0.4) is 0 Å². The first-order valence-corrected chi connectivity index (χ1v) is 28.6. The molecule has 0 nitrogen and oxygen atoms in total. The van der Waals surface area contributed by atoms with Crippen molar-refractivity contribution >= 4 is 12.2 Å². The molecule has 2 unspecified atom stereocenters. The van der Waals surface area contributed by atoms with E-state index < -0.39 is 20.0 Å². The van der Waals surface area contributed by atoms with Crippen LogP contribution in [-0.2, 0) is 30.8 Å². The van der Waals surface area contributed by atoms with Crippen molar-refractivity contribution in [3.05, 3.63) is 129 Å². The van der Waals surface area contributed by atoms with Crippen LogP contribution < -0.4 is 0 Å². The third kappa shape index (κ3) is 4.32. The van der Waals surface area contributed by atoms with E-state index in [4.69, 9.17) is 0 Å². The molecule has 4 aromatic carbocycles. The van der Waals surface area contributed by atoms with Crippen LogP contribution in [0, 0.1) is 5.41 Å². The second kappa shape index (κ2) is 9.87. The van der Waals surface area contributed by atoms with E-state index in [0.717, 1.165) is 0 Å². The fraction of sp³-hybridized carbons (Fsp3) is 0.364. The van der Waals surface area contributed by atoms with Gasteiger partial charge in [-0.05, 0) is 0 Å². The number of benzene rings is 4. The number of allylic oxidation sites excluding steroid dienone is 2. The molecule has 1 saturated heterocycles. The minimum atomic E-state index is -3.04. The van der Waals surface area contributed by atoms with Gasteiger partial charge in [0, 0.05) is 0 Å². The summed E-state index contributed by atoms with van der Waals surface area (Å²) in [6.45, 7) is 13.8. The molecule has 228 valence electrons. The first-order chi connectivity index (χ1) is 21.3. The summed E-state index contributed by atoms with van der Waals surface area (Å²) < 4.78 is 6.89. The maximum atomic E-state index is 2.79. The molecule has 0 radical (unpaired) electrons. The predicted molar refractivity (Wildman–Crippen MR) is 191 cm³/mol. The standard InChI is InChI=1S/C42H42.2CH3.Hf/c1-40(2,3)32-18-14-28(15-19-32)36-12-7-10-30-24-34(26-38(30)36)42(22-9-23-42)35-25-31-11-8-13-37(39(31)27-35)29-16-20-33(21-17-29)41(4,5)6;;;/h7-8,10-21,24-27H,9,22-23H2,1-6H3;2*1H3;. The van der Waals surface area contributed by atoms with Gasteiger partial charge in [0.25, 0.3) is 0 Å². The van der Waals surface area contributed by atoms with E-state index in [9.17, 15) is 0 Å². The zero-order valence-electron chi connectivity index (χ0n) is 28.5. The second-order valence-electron chi connectivity index (χ2n) is 17.1. The molecule has 0 N–H and O–H groups in total. The van der Waals surface area contributed by atoms with Crippen LogP contribution in [0.4, 0.5) is 0 Å². The summed E-state index contributed by atoms with van der Waals surface area (Å²) in [5.41, 5.74) is 18.9. The Bertz CT molecular complexity index is 1760. The molecular formula is C44H48Hf. The quantitative estimate of drug-likeness (QED) is 0.179. The van der Waals surface area contributed by atoms with Crippen molar-refractivity contribution in [1.82, 2.24) is 0 Å². The molecule has 1 saturated carbocycles. The fourth-order valence-corrected chi connectivity index (χ4v) is 26.6. The molecule has 1 heterocycles. The Hall–Kier alpha value is -2.77. The van der Waals surface area contributed by atoms with E-state index in [1.165, 1.54) is 63.8 Å². The van der Waals surface area contributed by atoms with Gasteiger partial charge in [-0.25, -0.2) is 0 Å². The van der Waals surface area contributed by atoms with Gasteiger partial charge in [0.2, 0.25) is 0 Å². The van der Waals surface area contributed by atoms with Gasteiger partial charge in [-0.3, -0.25) is 0 Å². The first kappa shape index (κ1) is 29.6. The van der Waals surface area contributed by atoms with Crippen molar-refractivity contribution in [2.45, 2.75) is 88.3 Å². The zero-order chi connectivity index (χ0) is 31.5. The summed E-state index contributed by atoms with van der Waals surface area (Å²) in [4.78, 5) is 0. The molecule has 2 fully saturated rings. The molecule has 0 bridgehead atoms. The van der Waals surface area contributed by atoms with Crippen LogP contribution in [0.2, 0.25) is 9.36 Å².